The number of aliphatic carboxylic acids is 1. The first kappa shape index (κ1) is 16.9. The van der Waals surface area contributed by atoms with Crippen molar-refractivity contribution in [3.05, 3.63) is 35.6 Å². The van der Waals surface area contributed by atoms with Gasteiger partial charge in [0.05, 0.1) is 12.5 Å². The summed E-state index contributed by atoms with van der Waals surface area (Å²) in [5.74, 6) is -1.34. The Hall–Kier alpha value is -2.11. The average Bonchev–Trinajstić information content (AvgIpc) is 2.34. The number of rotatable bonds is 5. The molecule has 5 nitrogen and oxygen atoms in total. The average molecular weight is 296 g/mol. The number of carboxylic acids is 1. The Labute approximate surface area is 123 Å². The molecule has 6 heteroatoms. The molecule has 0 aliphatic carbocycles. The lowest BCUT2D eigenvalue weighted by atomic mass is 9.82. The lowest BCUT2D eigenvalue weighted by Crippen LogP contribution is -2.43. The summed E-state index contributed by atoms with van der Waals surface area (Å²) in [4.78, 5) is 22.2. The largest absolute Gasteiger partial charge is 0.481 e. The number of hydrogen-bond donors (Lipinski definition) is 3. The van der Waals surface area contributed by atoms with E-state index in [9.17, 15) is 14.0 Å². The van der Waals surface area contributed by atoms with Crippen LogP contribution in [0.1, 0.15) is 38.8 Å². The minimum atomic E-state index is -0.979. The van der Waals surface area contributed by atoms with Crippen LogP contribution in [0.15, 0.2) is 24.3 Å². The molecule has 0 aliphatic rings. The molecule has 0 saturated carbocycles. The molecule has 2 amide bonds. The van der Waals surface area contributed by atoms with E-state index in [0.29, 0.717) is 5.56 Å². The highest BCUT2D eigenvalue weighted by molar-refractivity contribution is 5.75. The van der Waals surface area contributed by atoms with Crippen molar-refractivity contribution in [1.29, 1.82) is 0 Å². The molecule has 0 aliphatic heterocycles. The zero-order valence-corrected chi connectivity index (χ0v) is 12.4. The molecule has 21 heavy (non-hydrogen) atoms. The molecule has 1 unspecified atom stereocenters. The van der Waals surface area contributed by atoms with E-state index >= 15 is 0 Å². The van der Waals surface area contributed by atoms with Gasteiger partial charge < -0.3 is 15.7 Å². The molecule has 1 rings (SSSR count). The molecule has 116 valence electrons. The maximum absolute atomic E-state index is 13.4. The number of halogens is 1. The third-order valence-electron chi connectivity index (χ3n) is 2.95. The molecule has 0 saturated heterocycles. The minimum absolute atomic E-state index is 0.0428. The van der Waals surface area contributed by atoms with E-state index in [4.69, 9.17) is 5.11 Å². The first-order valence-corrected chi connectivity index (χ1v) is 6.72. The lowest BCUT2D eigenvalue weighted by molar-refractivity contribution is -0.136. The fourth-order valence-electron chi connectivity index (χ4n) is 1.95. The predicted octanol–water partition coefficient (Wildman–Crippen LogP) is 2.69. The number of urea groups is 1. The molecule has 0 aromatic heterocycles. The second kappa shape index (κ2) is 7.06. The summed E-state index contributed by atoms with van der Waals surface area (Å²) in [5, 5.41) is 13.8. The fourth-order valence-corrected chi connectivity index (χ4v) is 1.95. The summed E-state index contributed by atoms with van der Waals surface area (Å²) in [7, 11) is 0. The number of amides is 2. The molecule has 0 heterocycles. The lowest BCUT2D eigenvalue weighted by Gasteiger charge is -2.32. The van der Waals surface area contributed by atoms with Gasteiger partial charge in [-0.15, -0.1) is 0 Å². The molecule has 0 fully saturated rings. The van der Waals surface area contributed by atoms with Gasteiger partial charge in [0.1, 0.15) is 5.82 Å². The van der Waals surface area contributed by atoms with E-state index in [1.54, 1.807) is 12.1 Å². The fraction of sp³-hybridized carbons (Fsp3) is 0.467. The van der Waals surface area contributed by atoms with Crippen molar-refractivity contribution in [3.63, 3.8) is 0 Å². The monoisotopic (exact) mass is 296 g/mol. The number of carbonyl (C=O) groups is 2. The van der Waals surface area contributed by atoms with Crippen LogP contribution in [0.4, 0.5) is 9.18 Å². The zero-order chi connectivity index (χ0) is 16.0. The van der Waals surface area contributed by atoms with Crippen LogP contribution in [-0.2, 0) is 4.79 Å². The summed E-state index contributed by atoms with van der Waals surface area (Å²) in [6.45, 7) is 5.83. The predicted molar refractivity (Wildman–Crippen MR) is 77.4 cm³/mol. The van der Waals surface area contributed by atoms with E-state index in [1.165, 1.54) is 12.1 Å². The van der Waals surface area contributed by atoms with Crippen LogP contribution in [0.3, 0.4) is 0 Å². The van der Waals surface area contributed by atoms with Gasteiger partial charge in [-0.25, -0.2) is 9.18 Å². The van der Waals surface area contributed by atoms with Crippen molar-refractivity contribution in [1.82, 2.24) is 10.6 Å². The molecule has 0 bridgehead atoms. The van der Waals surface area contributed by atoms with E-state index < -0.39 is 18.0 Å². The highest BCUT2D eigenvalue weighted by Crippen LogP contribution is 2.32. The number of nitrogens with one attached hydrogen (secondary N) is 2. The first-order valence-electron chi connectivity index (χ1n) is 6.72. The Balaban J connectivity index is 2.76. The van der Waals surface area contributed by atoms with Crippen molar-refractivity contribution >= 4 is 12.0 Å². The van der Waals surface area contributed by atoms with Crippen molar-refractivity contribution in [2.75, 3.05) is 6.54 Å². The highest BCUT2D eigenvalue weighted by atomic mass is 19.1. The Morgan fingerprint density at radius 3 is 2.52 bits per heavy atom. The van der Waals surface area contributed by atoms with Crippen LogP contribution >= 0.6 is 0 Å². The van der Waals surface area contributed by atoms with Gasteiger partial charge in [0, 0.05) is 6.54 Å². The van der Waals surface area contributed by atoms with E-state index in [2.05, 4.69) is 10.6 Å². The second-order valence-corrected chi connectivity index (χ2v) is 5.90. The van der Waals surface area contributed by atoms with Gasteiger partial charge in [0.15, 0.2) is 0 Å². The van der Waals surface area contributed by atoms with Gasteiger partial charge in [-0.05, 0) is 23.1 Å². The zero-order valence-electron chi connectivity index (χ0n) is 12.4. The number of benzene rings is 1. The number of carboxylic acid groups (broad SMARTS) is 1. The smallest absolute Gasteiger partial charge is 0.315 e. The van der Waals surface area contributed by atoms with Crippen LogP contribution in [0.25, 0.3) is 0 Å². The standard InChI is InChI=1S/C15H21FN2O3/c1-15(2,3)13(10-5-4-6-11(16)9-10)18-14(21)17-8-7-12(19)20/h4-6,9,13H,7-8H2,1-3H3,(H,19,20)(H2,17,18,21). The Bertz CT molecular complexity index is 512. The molecule has 1 aromatic rings. The topological polar surface area (TPSA) is 78.4 Å². The molecule has 1 aromatic carbocycles. The SMILES string of the molecule is CC(C)(C)C(NC(=O)NCCC(=O)O)c1cccc(F)c1. The van der Waals surface area contributed by atoms with Gasteiger partial charge in [-0.1, -0.05) is 32.9 Å². The third kappa shape index (κ3) is 5.81. The Morgan fingerprint density at radius 2 is 2.00 bits per heavy atom. The van der Waals surface area contributed by atoms with Crippen LogP contribution in [0.5, 0.6) is 0 Å². The second-order valence-electron chi connectivity index (χ2n) is 5.90. The highest BCUT2D eigenvalue weighted by Gasteiger charge is 2.28. The van der Waals surface area contributed by atoms with E-state index in [0.717, 1.165) is 0 Å². The summed E-state index contributed by atoms with van der Waals surface area (Å²) in [6, 6.07) is 5.20. The molecule has 3 N–H and O–H groups in total. The van der Waals surface area contributed by atoms with Crippen LogP contribution < -0.4 is 10.6 Å². The van der Waals surface area contributed by atoms with Crippen molar-refractivity contribution in [2.45, 2.75) is 33.2 Å². The van der Waals surface area contributed by atoms with Crippen molar-refractivity contribution in [2.24, 2.45) is 5.41 Å². The quantitative estimate of drug-likeness (QED) is 0.781. The maximum Gasteiger partial charge on any atom is 0.315 e. The van der Waals surface area contributed by atoms with Crippen LogP contribution in [0.2, 0.25) is 0 Å². The van der Waals surface area contributed by atoms with Crippen LogP contribution in [-0.4, -0.2) is 23.7 Å². The summed E-state index contributed by atoms with van der Waals surface area (Å²) < 4.78 is 13.4. The minimum Gasteiger partial charge on any atom is -0.481 e. The summed E-state index contributed by atoms with van der Waals surface area (Å²) >= 11 is 0. The number of hydrogen-bond acceptors (Lipinski definition) is 2. The van der Waals surface area contributed by atoms with Gasteiger partial charge in [-0.2, -0.15) is 0 Å². The molecular formula is C15H21FN2O3. The van der Waals surface area contributed by atoms with E-state index in [1.807, 2.05) is 20.8 Å². The Morgan fingerprint density at radius 1 is 1.33 bits per heavy atom. The molecule has 1 atom stereocenters. The first-order chi connectivity index (χ1) is 9.70. The maximum atomic E-state index is 13.4. The summed E-state index contributed by atoms with van der Waals surface area (Å²) in [5.41, 5.74) is 0.341. The van der Waals surface area contributed by atoms with Crippen molar-refractivity contribution in [3.8, 4) is 0 Å². The van der Waals surface area contributed by atoms with Gasteiger partial charge >= 0.3 is 12.0 Å². The third-order valence-corrected chi connectivity index (χ3v) is 2.95. The number of carbonyl (C=O) groups excluding carboxylic acids is 1. The van der Waals surface area contributed by atoms with Crippen LogP contribution in [0, 0.1) is 11.2 Å². The van der Waals surface area contributed by atoms with Gasteiger partial charge in [-0.3, -0.25) is 4.79 Å². The molecule has 0 spiro atoms. The van der Waals surface area contributed by atoms with E-state index in [-0.39, 0.29) is 24.2 Å². The van der Waals surface area contributed by atoms with Gasteiger partial charge in [0.2, 0.25) is 0 Å². The summed E-state index contributed by atoms with van der Waals surface area (Å²) in [6.07, 6.45) is -0.145. The van der Waals surface area contributed by atoms with Gasteiger partial charge in [0.25, 0.3) is 0 Å². The van der Waals surface area contributed by atoms with Crippen molar-refractivity contribution < 1.29 is 19.1 Å². The normalized spacial score (nSPS) is 12.6. The Kier molecular flexibility index (Phi) is 5.69. The molecule has 0 radical (unpaired) electrons. The molecular weight excluding hydrogens is 275 g/mol.